The summed E-state index contributed by atoms with van der Waals surface area (Å²) in [5, 5.41) is 11.0. The van der Waals surface area contributed by atoms with E-state index < -0.39 is 48.1 Å². The van der Waals surface area contributed by atoms with Crippen molar-refractivity contribution in [1.82, 2.24) is 0 Å². The number of esters is 1. The molecule has 9 heteroatoms. The second kappa shape index (κ2) is 7.32. The van der Waals surface area contributed by atoms with Crippen molar-refractivity contribution in [2.75, 3.05) is 27.7 Å². The number of nitrogens with two attached hydrogens (primary N) is 2. The highest BCUT2D eigenvalue weighted by Crippen LogP contribution is 2.22. The molecule has 2 atom stereocenters. The predicted molar refractivity (Wildman–Crippen MR) is 73.8 cm³/mol. The van der Waals surface area contributed by atoms with Gasteiger partial charge in [-0.25, -0.2) is 0 Å². The fraction of sp³-hybridized carbons (Fsp3) is 0.692. The summed E-state index contributed by atoms with van der Waals surface area (Å²) >= 11 is 0. The quantitative estimate of drug-likeness (QED) is 0.337. The Morgan fingerprint density at radius 2 is 1.73 bits per heavy atom. The molecule has 0 rings (SSSR count). The van der Waals surface area contributed by atoms with Gasteiger partial charge in [0.05, 0.1) is 27.6 Å². The number of likely N-dealkylation sites (N-methyl/N-ethyl adjacent to an activating group) is 1. The molecule has 22 heavy (non-hydrogen) atoms. The van der Waals surface area contributed by atoms with Gasteiger partial charge in [0.1, 0.15) is 12.6 Å². The molecule has 0 radical (unpaired) electrons. The van der Waals surface area contributed by atoms with Crippen LogP contribution in [0.15, 0.2) is 0 Å². The molecule has 0 bridgehead atoms. The maximum Gasteiger partial charge on any atom is 0.324 e. The van der Waals surface area contributed by atoms with Crippen LogP contribution in [0.2, 0.25) is 0 Å². The molecule has 0 saturated heterocycles. The van der Waals surface area contributed by atoms with E-state index >= 15 is 0 Å². The lowest BCUT2D eigenvalue weighted by atomic mass is 9.93. The lowest BCUT2D eigenvalue weighted by Gasteiger charge is -2.37. The third kappa shape index (κ3) is 6.64. The topological polar surface area (TPSA) is 153 Å². The van der Waals surface area contributed by atoms with E-state index in [-0.39, 0.29) is 11.0 Å². The molecule has 0 aliphatic rings. The van der Waals surface area contributed by atoms with Crippen molar-refractivity contribution in [3.63, 3.8) is 0 Å². The maximum atomic E-state index is 11.9. The van der Waals surface area contributed by atoms with Gasteiger partial charge in [-0.05, 0) is 6.92 Å². The molecule has 0 unspecified atom stereocenters. The normalized spacial score (nSPS) is 15.5. The molecule has 0 aliphatic carbocycles. The fourth-order valence-corrected chi connectivity index (χ4v) is 2.00. The molecule has 0 spiro atoms. The van der Waals surface area contributed by atoms with Gasteiger partial charge in [0.15, 0.2) is 5.78 Å². The van der Waals surface area contributed by atoms with Crippen LogP contribution in [0, 0.1) is 0 Å². The van der Waals surface area contributed by atoms with E-state index in [1.807, 2.05) is 0 Å². The predicted octanol–water partition coefficient (Wildman–Crippen LogP) is -3.09. The lowest BCUT2D eigenvalue weighted by molar-refractivity contribution is -0.875. The highest BCUT2D eigenvalue weighted by molar-refractivity contribution is 5.92. The Bertz CT molecular complexity index is 471. The van der Waals surface area contributed by atoms with Crippen molar-refractivity contribution in [1.29, 1.82) is 0 Å². The number of rotatable bonds is 9. The second-order valence-electron chi connectivity index (χ2n) is 6.25. The van der Waals surface area contributed by atoms with Crippen molar-refractivity contribution in [3.8, 4) is 0 Å². The summed E-state index contributed by atoms with van der Waals surface area (Å²) < 4.78 is 5.25. The van der Waals surface area contributed by atoms with E-state index in [2.05, 4.69) is 0 Å². The minimum atomic E-state index is -1.91. The Morgan fingerprint density at radius 1 is 1.23 bits per heavy atom. The minimum Gasteiger partial charge on any atom is -0.550 e. The number of nitrogens with zero attached hydrogens (tertiary/aromatic N) is 1. The Kier molecular flexibility index (Phi) is 6.65. The van der Waals surface area contributed by atoms with E-state index in [1.54, 1.807) is 21.1 Å². The number of ether oxygens (including phenoxy) is 1. The number of hydrogen-bond acceptors (Lipinski definition) is 7. The van der Waals surface area contributed by atoms with Gasteiger partial charge >= 0.3 is 5.97 Å². The maximum absolute atomic E-state index is 11.9. The summed E-state index contributed by atoms with van der Waals surface area (Å²) in [6, 6.07) is -1.37. The standard InChI is InChI=1S/C13H23N3O6/c1-8(17)13(6-11(19)20,7-16(2,3)4)22-12(21)9(14)5-10(15)18/h9H,5-7,14H2,1-4H3,(H2-,15,18,19,20)/t9-,13+/m0/s1. The number of amides is 1. The number of carboxylic acids is 1. The molecule has 0 fully saturated rings. The molecule has 0 aliphatic heterocycles. The number of aliphatic carboxylic acids is 1. The van der Waals surface area contributed by atoms with Crippen LogP contribution in [-0.2, 0) is 23.9 Å². The molecule has 0 heterocycles. The monoisotopic (exact) mass is 317 g/mol. The first-order valence-corrected chi connectivity index (χ1v) is 6.57. The van der Waals surface area contributed by atoms with Crippen molar-refractivity contribution in [2.45, 2.75) is 31.4 Å². The van der Waals surface area contributed by atoms with E-state index in [4.69, 9.17) is 16.2 Å². The van der Waals surface area contributed by atoms with E-state index in [0.29, 0.717) is 0 Å². The zero-order valence-electron chi connectivity index (χ0n) is 13.3. The van der Waals surface area contributed by atoms with E-state index in [9.17, 15) is 24.3 Å². The van der Waals surface area contributed by atoms with Crippen molar-refractivity contribution in [3.05, 3.63) is 0 Å². The smallest absolute Gasteiger partial charge is 0.324 e. The van der Waals surface area contributed by atoms with Crippen LogP contribution in [0.5, 0.6) is 0 Å². The number of carbonyl (C=O) groups is 4. The minimum absolute atomic E-state index is 0.0919. The molecule has 0 saturated carbocycles. The molecule has 0 aromatic heterocycles. The molecule has 0 aromatic carbocycles. The van der Waals surface area contributed by atoms with Crippen LogP contribution in [-0.4, -0.2) is 67.4 Å². The number of Topliss-reactive ketones (excluding diaryl/α,β-unsaturated/α-hetero) is 1. The van der Waals surface area contributed by atoms with Crippen LogP contribution < -0.4 is 16.6 Å². The molecular formula is C13H23N3O6. The van der Waals surface area contributed by atoms with Crippen LogP contribution in [0.1, 0.15) is 19.8 Å². The Balaban J connectivity index is 5.46. The summed E-state index contributed by atoms with van der Waals surface area (Å²) in [4.78, 5) is 45.6. The van der Waals surface area contributed by atoms with Crippen LogP contribution >= 0.6 is 0 Å². The van der Waals surface area contributed by atoms with Gasteiger partial charge in [-0.1, -0.05) is 0 Å². The summed E-state index contributed by atoms with van der Waals surface area (Å²) in [7, 11) is 5.10. The number of carbonyl (C=O) groups excluding carboxylic acids is 4. The summed E-state index contributed by atoms with van der Waals surface area (Å²) in [5.41, 5.74) is 8.49. The zero-order chi connectivity index (χ0) is 17.7. The molecule has 4 N–H and O–H groups in total. The fourth-order valence-electron chi connectivity index (χ4n) is 2.00. The Morgan fingerprint density at radius 3 is 2.05 bits per heavy atom. The summed E-state index contributed by atoms with van der Waals surface area (Å²) in [6.45, 7) is 1.02. The second-order valence-corrected chi connectivity index (χ2v) is 6.25. The highest BCUT2D eigenvalue weighted by atomic mass is 16.6. The van der Waals surface area contributed by atoms with Crippen molar-refractivity contribution in [2.24, 2.45) is 11.5 Å². The van der Waals surface area contributed by atoms with Gasteiger partial charge in [0, 0.05) is 12.4 Å². The third-order valence-electron chi connectivity index (χ3n) is 2.82. The van der Waals surface area contributed by atoms with E-state index in [1.165, 1.54) is 0 Å². The summed E-state index contributed by atoms with van der Waals surface area (Å²) in [5.74, 6) is -4.07. The number of quaternary nitrogens is 1. The van der Waals surface area contributed by atoms with Gasteiger partial charge in [0.25, 0.3) is 0 Å². The largest absolute Gasteiger partial charge is 0.550 e. The first-order chi connectivity index (χ1) is 9.79. The number of hydrogen-bond donors (Lipinski definition) is 2. The average molecular weight is 317 g/mol. The molecule has 9 nitrogen and oxygen atoms in total. The van der Waals surface area contributed by atoms with Crippen molar-refractivity contribution < 1.29 is 33.5 Å². The Hall–Kier alpha value is -2.00. The average Bonchev–Trinajstić information content (AvgIpc) is 2.23. The molecule has 126 valence electrons. The molecule has 1 amide bonds. The SMILES string of the molecule is CC(=O)[C@@](CC(=O)[O-])(C[N+](C)(C)C)OC(=O)[C@@H](N)CC(N)=O. The van der Waals surface area contributed by atoms with Gasteiger partial charge < -0.3 is 30.6 Å². The van der Waals surface area contributed by atoms with Gasteiger partial charge in [-0.15, -0.1) is 0 Å². The first-order valence-electron chi connectivity index (χ1n) is 6.57. The van der Waals surface area contributed by atoms with Crippen LogP contribution in [0.25, 0.3) is 0 Å². The van der Waals surface area contributed by atoms with Gasteiger partial charge in [-0.2, -0.15) is 0 Å². The van der Waals surface area contributed by atoms with Crippen LogP contribution in [0.4, 0.5) is 0 Å². The zero-order valence-corrected chi connectivity index (χ0v) is 13.3. The number of carboxylic acid groups (broad SMARTS) is 1. The lowest BCUT2D eigenvalue weighted by Crippen LogP contribution is -2.59. The molecule has 0 aromatic rings. The highest BCUT2D eigenvalue weighted by Gasteiger charge is 2.45. The van der Waals surface area contributed by atoms with Crippen LogP contribution in [0.3, 0.4) is 0 Å². The first kappa shape index (κ1) is 20.0. The van der Waals surface area contributed by atoms with Crippen molar-refractivity contribution >= 4 is 23.6 Å². The molecular weight excluding hydrogens is 294 g/mol. The number of primary amides is 1. The van der Waals surface area contributed by atoms with Gasteiger partial charge in [-0.3, -0.25) is 14.4 Å². The summed E-state index contributed by atoms with van der Waals surface area (Å²) in [6.07, 6.45) is -1.27. The van der Waals surface area contributed by atoms with Gasteiger partial charge in [0.2, 0.25) is 11.5 Å². The third-order valence-corrected chi connectivity index (χ3v) is 2.82. The number of ketones is 1. The Labute approximate surface area is 128 Å². The van der Waals surface area contributed by atoms with E-state index in [0.717, 1.165) is 6.92 Å².